The zero-order valence-electron chi connectivity index (χ0n) is 33.7. The zero-order chi connectivity index (χ0) is 41.0. The van der Waals surface area contributed by atoms with Gasteiger partial charge in [-0.3, -0.25) is 4.57 Å². The van der Waals surface area contributed by atoms with E-state index in [1.807, 2.05) is 48.5 Å². The van der Waals surface area contributed by atoms with E-state index in [0.717, 1.165) is 79.5 Å². The van der Waals surface area contributed by atoms with Crippen LogP contribution in [0.1, 0.15) is 12.0 Å². The van der Waals surface area contributed by atoms with Crippen molar-refractivity contribution < 1.29 is 0 Å². The van der Waals surface area contributed by atoms with Crippen LogP contribution in [0, 0.1) is 0 Å². The van der Waals surface area contributed by atoms with Gasteiger partial charge in [0.15, 0.2) is 11.6 Å². The fourth-order valence-corrected chi connectivity index (χ4v) is 9.19. The standard InChI is InChI=1S/C56H38N6/c1-5-17-37(18-6-1)47-35-53(59-55(57-47)39-21-9-3-10-22-39)61-49-27-15-13-25-43(49)45-33-41(29-31-51(45)61)42-30-32-52-46(34-42)44-26-14-16-28-50(44)62(52)54-36-48(38-19-7-2-8-20-38)58-56(60-54)40-23-11-4-12-24-40/h1-27,29-36,50H,28H2. The first-order valence-corrected chi connectivity index (χ1v) is 21.1. The topological polar surface area (TPSA) is 59.7 Å². The lowest BCUT2D eigenvalue weighted by molar-refractivity contribution is 0.816. The number of para-hydroxylation sites is 1. The number of aromatic nitrogens is 5. The average molecular weight is 795 g/mol. The quantitative estimate of drug-likeness (QED) is 0.161. The van der Waals surface area contributed by atoms with Crippen molar-refractivity contribution in [1.29, 1.82) is 0 Å². The van der Waals surface area contributed by atoms with Crippen molar-refractivity contribution in [3.63, 3.8) is 0 Å². The van der Waals surface area contributed by atoms with E-state index in [1.54, 1.807) is 0 Å². The Morgan fingerprint density at radius 1 is 0.419 bits per heavy atom. The highest BCUT2D eigenvalue weighted by Crippen LogP contribution is 2.49. The van der Waals surface area contributed by atoms with E-state index < -0.39 is 0 Å². The van der Waals surface area contributed by atoms with E-state index >= 15 is 0 Å². The van der Waals surface area contributed by atoms with Gasteiger partial charge in [-0.1, -0.05) is 170 Å². The van der Waals surface area contributed by atoms with Gasteiger partial charge in [0.05, 0.1) is 34.2 Å². The van der Waals surface area contributed by atoms with Crippen LogP contribution in [0.2, 0.25) is 0 Å². The molecule has 6 nitrogen and oxygen atoms in total. The van der Waals surface area contributed by atoms with Crippen LogP contribution in [0.5, 0.6) is 0 Å². The number of allylic oxidation sites excluding steroid dienone is 2. The molecule has 3 aromatic heterocycles. The Morgan fingerprint density at radius 2 is 0.952 bits per heavy atom. The molecule has 0 amide bonds. The van der Waals surface area contributed by atoms with Gasteiger partial charge < -0.3 is 4.90 Å². The summed E-state index contributed by atoms with van der Waals surface area (Å²) in [5.74, 6) is 3.12. The maximum Gasteiger partial charge on any atom is 0.162 e. The lowest BCUT2D eigenvalue weighted by Gasteiger charge is -2.28. The molecule has 0 fully saturated rings. The summed E-state index contributed by atoms with van der Waals surface area (Å²) in [5, 5.41) is 2.34. The molecule has 0 radical (unpaired) electrons. The second-order valence-electron chi connectivity index (χ2n) is 15.8. The van der Waals surface area contributed by atoms with Crippen LogP contribution in [-0.4, -0.2) is 30.5 Å². The molecule has 0 spiro atoms. The minimum absolute atomic E-state index is 0.113. The van der Waals surface area contributed by atoms with Crippen LogP contribution in [0.4, 0.5) is 11.5 Å². The molecular formula is C56H38N6. The Hall–Kier alpha value is -8.22. The van der Waals surface area contributed by atoms with Crippen molar-refractivity contribution in [2.75, 3.05) is 4.90 Å². The van der Waals surface area contributed by atoms with Crippen LogP contribution >= 0.6 is 0 Å². The van der Waals surface area contributed by atoms with Crippen molar-refractivity contribution in [3.05, 3.63) is 218 Å². The number of benzene rings is 7. The van der Waals surface area contributed by atoms with E-state index in [2.05, 4.69) is 173 Å². The van der Waals surface area contributed by atoms with E-state index in [0.29, 0.717) is 11.6 Å². The van der Waals surface area contributed by atoms with E-state index in [4.69, 9.17) is 19.9 Å². The number of nitrogens with zero attached hydrogens (tertiary/aromatic N) is 6. The maximum atomic E-state index is 5.27. The summed E-state index contributed by atoms with van der Waals surface area (Å²) >= 11 is 0. The number of hydrogen-bond acceptors (Lipinski definition) is 5. The average Bonchev–Trinajstić information content (AvgIpc) is 3.87. The molecule has 6 heteroatoms. The fraction of sp³-hybridized carbons (Fsp3) is 0.0357. The Kier molecular flexibility index (Phi) is 8.52. The second kappa shape index (κ2) is 14.8. The third kappa shape index (κ3) is 6.11. The summed E-state index contributed by atoms with van der Waals surface area (Å²) in [6.07, 6.45) is 7.61. The molecule has 0 saturated heterocycles. The van der Waals surface area contributed by atoms with Gasteiger partial charge in [0, 0.05) is 50.7 Å². The first-order chi connectivity index (χ1) is 30.7. The third-order valence-corrected chi connectivity index (χ3v) is 12.1. The molecule has 7 aromatic carbocycles. The van der Waals surface area contributed by atoms with Crippen molar-refractivity contribution in [3.8, 4) is 62.2 Å². The van der Waals surface area contributed by atoms with Crippen LogP contribution in [0.25, 0.3) is 89.6 Å². The minimum Gasteiger partial charge on any atom is -0.318 e. The van der Waals surface area contributed by atoms with Crippen molar-refractivity contribution >= 4 is 38.9 Å². The van der Waals surface area contributed by atoms with Gasteiger partial charge in [0.2, 0.25) is 0 Å². The summed E-state index contributed by atoms with van der Waals surface area (Å²) in [6, 6.07) is 68.0. The first kappa shape index (κ1) is 35.7. The number of anilines is 2. The molecule has 292 valence electrons. The Balaban J connectivity index is 0.989. The van der Waals surface area contributed by atoms with Crippen molar-refractivity contribution in [2.45, 2.75) is 12.5 Å². The van der Waals surface area contributed by atoms with Gasteiger partial charge in [0.1, 0.15) is 11.6 Å². The Morgan fingerprint density at radius 3 is 1.61 bits per heavy atom. The molecule has 1 aliphatic carbocycles. The monoisotopic (exact) mass is 794 g/mol. The summed E-state index contributed by atoms with van der Waals surface area (Å²) in [6.45, 7) is 0. The SMILES string of the molecule is C1=CCC2C(=C1)c1cc(-c3ccc4c(c3)c3ccccc3n4-c3cc(-c4ccccc4)nc(-c4ccccc4)n3)ccc1N2c1cc(-c2ccccc2)nc(-c2ccccc2)n1. The van der Waals surface area contributed by atoms with Crippen LogP contribution in [0.15, 0.2) is 212 Å². The molecule has 0 saturated carbocycles. The minimum atomic E-state index is 0.113. The summed E-state index contributed by atoms with van der Waals surface area (Å²) < 4.78 is 2.29. The molecule has 12 rings (SSSR count). The van der Waals surface area contributed by atoms with Gasteiger partial charge in [-0.15, -0.1) is 0 Å². The molecule has 4 heterocycles. The van der Waals surface area contributed by atoms with Crippen LogP contribution in [0.3, 0.4) is 0 Å². The van der Waals surface area contributed by atoms with Gasteiger partial charge in [-0.05, 0) is 53.5 Å². The molecule has 2 aliphatic rings. The lowest BCUT2D eigenvalue weighted by Crippen LogP contribution is -2.28. The highest BCUT2D eigenvalue weighted by molar-refractivity contribution is 6.10. The van der Waals surface area contributed by atoms with Crippen LogP contribution < -0.4 is 4.90 Å². The first-order valence-electron chi connectivity index (χ1n) is 21.1. The fourth-order valence-electron chi connectivity index (χ4n) is 9.19. The number of rotatable bonds is 7. The third-order valence-electron chi connectivity index (χ3n) is 12.1. The normalized spacial score (nSPS) is 14.2. The lowest BCUT2D eigenvalue weighted by atomic mass is 9.93. The highest BCUT2D eigenvalue weighted by atomic mass is 15.2. The van der Waals surface area contributed by atoms with Crippen LogP contribution in [-0.2, 0) is 0 Å². The molecule has 62 heavy (non-hydrogen) atoms. The predicted molar refractivity (Wildman–Crippen MR) is 253 cm³/mol. The zero-order valence-corrected chi connectivity index (χ0v) is 33.7. The summed E-state index contributed by atoms with van der Waals surface area (Å²) in [7, 11) is 0. The van der Waals surface area contributed by atoms with Crippen molar-refractivity contribution in [2.24, 2.45) is 0 Å². The Labute approximate surface area is 359 Å². The van der Waals surface area contributed by atoms with Gasteiger partial charge in [-0.25, -0.2) is 19.9 Å². The molecular weight excluding hydrogens is 757 g/mol. The summed E-state index contributed by atoms with van der Waals surface area (Å²) in [4.78, 5) is 23.1. The molecule has 1 aliphatic heterocycles. The Bertz CT molecular complexity index is 3260. The molecule has 10 aromatic rings. The molecule has 1 atom stereocenters. The molecule has 1 unspecified atom stereocenters. The van der Waals surface area contributed by atoms with E-state index in [9.17, 15) is 0 Å². The second-order valence-corrected chi connectivity index (χ2v) is 15.8. The molecule has 0 N–H and O–H groups in total. The molecule has 0 bridgehead atoms. The number of hydrogen-bond donors (Lipinski definition) is 0. The predicted octanol–water partition coefficient (Wildman–Crippen LogP) is 13.6. The van der Waals surface area contributed by atoms with E-state index in [-0.39, 0.29) is 6.04 Å². The van der Waals surface area contributed by atoms with E-state index in [1.165, 1.54) is 21.9 Å². The smallest absolute Gasteiger partial charge is 0.162 e. The largest absolute Gasteiger partial charge is 0.318 e. The van der Waals surface area contributed by atoms with Gasteiger partial charge in [-0.2, -0.15) is 0 Å². The van der Waals surface area contributed by atoms with Crippen molar-refractivity contribution in [1.82, 2.24) is 24.5 Å². The van der Waals surface area contributed by atoms with Gasteiger partial charge >= 0.3 is 0 Å². The number of fused-ring (bicyclic) bond motifs is 6. The maximum absolute atomic E-state index is 5.27. The summed E-state index contributed by atoms with van der Waals surface area (Å²) in [5.41, 5.74) is 14.0. The van der Waals surface area contributed by atoms with Gasteiger partial charge in [0.25, 0.3) is 0 Å². The highest BCUT2D eigenvalue weighted by Gasteiger charge is 2.36.